The van der Waals surface area contributed by atoms with Crippen LogP contribution in [-0.4, -0.2) is 36.4 Å². The molecule has 1 unspecified atom stereocenters. The van der Waals surface area contributed by atoms with Crippen LogP contribution in [0.2, 0.25) is 5.02 Å². The minimum absolute atomic E-state index is 0.00552. The number of nitrogens with zero attached hydrogens (tertiary/aromatic N) is 1. The van der Waals surface area contributed by atoms with Crippen molar-refractivity contribution in [2.75, 3.05) is 13.7 Å². The van der Waals surface area contributed by atoms with E-state index in [-0.39, 0.29) is 30.4 Å². The highest BCUT2D eigenvalue weighted by molar-refractivity contribution is 9.10. The van der Waals surface area contributed by atoms with Gasteiger partial charge in [0.1, 0.15) is 11.8 Å². The lowest BCUT2D eigenvalue weighted by Gasteiger charge is -2.28. The highest BCUT2D eigenvalue weighted by Gasteiger charge is 2.26. The van der Waals surface area contributed by atoms with Crippen molar-refractivity contribution in [3.8, 4) is 5.75 Å². The maximum Gasteiger partial charge on any atom is 0.261 e. The number of amides is 2. The number of carbonyl (C=O) groups is 2. The zero-order chi connectivity index (χ0) is 22.5. The summed E-state index contributed by atoms with van der Waals surface area (Å²) in [5, 5.41) is 3.13. The van der Waals surface area contributed by atoms with Gasteiger partial charge >= 0.3 is 0 Å². The second-order valence-electron chi connectivity index (χ2n) is 8.09. The molecule has 0 saturated heterocycles. The quantitative estimate of drug-likeness (QED) is 0.592. The van der Waals surface area contributed by atoms with Crippen molar-refractivity contribution in [2.24, 2.45) is 0 Å². The monoisotopic (exact) mass is 494 g/mol. The number of ether oxygens (including phenoxy) is 1. The van der Waals surface area contributed by atoms with E-state index in [1.54, 1.807) is 20.0 Å². The summed E-state index contributed by atoms with van der Waals surface area (Å²) in [6, 6.07) is 12.4. The molecule has 0 aromatic heterocycles. The molecule has 0 radical (unpaired) electrons. The third-order valence-electron chi connectivity index (χ3n) is 4.86. The van der Waals surface area contributed by atoms with E-state index < -0.39 is 6.04 Å². The number of halogens is 2. The van der Waals surface area contributed by atoms with Crippen LogP contribution in [0.3, 0.4) is 0 Å². The Kier molecular flexibility index (Phi) is 8.33. The maximum absolute atomic E-state index is 13.0. The normalized spacial score (nSPS) is 12.2. The first-order valence-electron chi connectivity index (χ1n) is 9.72. The third-order valence-corrected chi connectivity index (χ3v) is 5.85. The van der Waals surface area contributed by atoms with Crippen LogP contribution in [0.1, 0.15) is 38.8 Å². The summed E-state index contributed by atoms with van der Waals surface area (Å²) in [5.41, 5.74) is 1.92. The Morgan fingerprint density at radius 2 is 1.87 bits per heavy atom. The molecule has 0 fully saturated rings. The molecule has 0 spiro atoms. The molecule has 7 heteroatoms. The summed E-state index contributed by atoms with van der Waals surface area (Å²) in [6.07, 6.45) is 0. The topological polar surface area (TPSA) is 58.6 Å². The second kappa shape index (κ2) is 10.3. The molecule has 162 valence electrons. The SMILES string of the molecule is CNC(=O)C(C)N(Cc1ccccc1Cl)C(=O)COc1ccc(C(C)(C)C)cc1Br. The summed E-state index contributed by atoms with van der Waals surface area (Å²) < 4.78 is 6.55. The van der Waals surface area contributed by atoms with Crippen molar-refractivity contribution in [1.29, 1.82) is 0 Å². The number of hydrogen-bond acceptors (Lipinski definition) is 3. The number of rotatable bonds is 7. The Morgan fingerprint density at radius 1 is 1.20 bits per heavy atom. The molecule has 2 aromatic rings. The molecule has 5 nitrogen and oxygen atoms in total. The molecule has 30 heavy (non-hydrogen) atoms. The van der Waals surface area contributed by atoms with E-state index in [0.29, 0.717) is 10.8 Å². The van der Waals surface area contributed by atoms with Crippen LogP contribution >= 0.6 is 27.5 Å². The van der Waals surface area contributed by atoms with Gasteiger partial charge in [-0.3, -0.25) is 9.59 Å². The van der Waals surface area contributed by atoms with Gasteiger partial charge in [0.2, 0.25) is 5.91 Å². The van der Waals surface area contributed by atoms with Crippen molar-refractivity contribution in [3.05, 3.63) is 63.1 Å². The fourth-order valence-electron chi connectivity index (χ4n) is 2.91. The molecule has 0 heterocycles. The third kappa shape index (κ3) is 6.22. The van der Waals surface area contributed by atoms with Crippen LogP contribution in [-0.2, 0) is 21.5 Å². The van der Waals surface area contributed by atoms with Gasteiger partial charge in [-0.15, -0.1) is 0 Å². The molecule has 0 aliphatic heterocycles. The van der Waals surface area contributed by atoms with E-state index in [4.69, 9.17) is 16.3 Å². The highest BCUT2D eigenvalue weighted by Crippen LogP contribution is 2.31. The predicted molar refractivity (Wildman–Crippen MR) is 124 cm³/mol. The smallest absolute Gasteiger partial charge is 0.261 e. The molecular weight excluding hydrogens is 468 g/mol. The van der Waals surface area contributed by atoms with Gasteiger partial charge < -0.3 is 15.0 Å². The molecule has 2 rings (SSSR count). The fraction of sp³-hybridized carbons (Fsp3) is 0.391. The summed E-state index contributed by atoms with van der Waals surface area (Å²) in [5.74, 6) is 0.00516. The number of likely N-dealkylation sites (N-methyl/N-ethyl adjacent to an activating group) is 1. The number of benzene rings is 2. The zero-order valence-electron chi connectivity index (χ0n) is 18.0. The Balaban J connectivity index is 2.18. The Hall–Kier alpha value is -2.05. The molecule has 1 atom stereocenters. The van der Waals surface area contributed by atoms with Crippen LogP contribution in [0.15, 0.2) is 46.9 Å². The number of nitrogens with one attached hydrogen (secondary N) is 1. The minimum Gasteiger partial charge on any atom is -0.483 e. The number of carbonyl (C=O) groups excluding carboxylic acids is 2. The first kappa shape index (κ1) is 24.2. The first-order valence-corrected chi connectivity index (χ1v) is 10.9. The Morgan fingerprint density at radius 3 is 2.43 bits per heavy atom. The standard InChI is InChI=1S/C23H28BrClN2O3/c1-15(22(29)26-5)27(13-16-8-6-7-9-19(16)25)21(28)14-30-20-11-10-17(12-18(20)24)23(2,3)4/h6-12,15H,13-14H2,1-5H3,(H,26,29). The van der Waals surface area contributed by atoms with E-state index in [9.17, 15) is 9.59 Å². The fourth-order valence-corrected chi connectivity index (χ4v) is 3.60. The minimum atomic E-state index is -0.672. The lowest BCUT2D eigenvalue weighted by atomic mass is 9.87. The molecule has 1 N–H and O–H groups in total. The maximum atomic E-state index is 13.0. The highest BCUT2D eigenvalue weighted by atomic mass is 79.9. The average molecular weight is 496 g/mol. The molecule has 0 aliphatic rings. The Labute approximate surface area is 191 Å². The van der Waals surface area contributed by atoms with Gasteiger partial charge in [-0.2, -0.15) is 0 Å². The summed E-state index contributed by atoms with van der Waals surface area (Å²) >= 11 is 9.78. The summed E-state index contributed by atoms with van der Waals surface area (Å²) in [6.45, 7) is 8.09. The molecule has 2 amide bonds. The molecule has 0 saturated carbocycles. The zero-order valence-corrected chi connectivity index (χ0v) is 20.3. The van der Waals surface area contributed by atoms with E-state index in [0.717, 1.165) is 15.6 Å². The van der Waals surface area contributed by atoms with Crippen LogP contribution in [0, 0.1) is 0 Å². The molecule has 0 aliphatic carbocycles. The summed E-state index contributed by atoms with van der Waals surface area (Å²) in [7, 11) is 1.54. The van der Waals surface area contributed by atoms with Crippen molar-refractivity contribution in [3.63, 3.8) is 0 Å². The van der Waals surface area contributed by atoms with Crippen molar-refractivity contribution >= 4 is 39.3 Å². The van der Waals surface area contributed by atoms with Gasteiger partial charge in [0.05, 0.1) is 4.47 Å². The molecule has 2 aromatic carbocycles. The van der Waals surface area contributed by atoms with Gasteiger partial charge in [-0.05, 0) is 57.6 Å². The van der Waals surface area contributed by atoms with E-state index in [1.165, 1.54) is 4.90 Å². The van der Waals surface area contributed by atoms with Crippen LogP contribution in [0.5, 0.6) is 5.75 Å². The predicted octanol–water partition coefficient (Wildman–Crippen LogP) is 4.94. The van der Waals surface area contributed by atoms with E-state index in [1.807, 2.05) is 36.4 Å². The van der Waals surface area contributed by atoms with Crippen molar-refractivity contribution < 1.29 is 14.3 Å². The van der Waals surface area contributed by atoms with Crippen LogP contribution in [0.4, 0.5) is 0 Å². The van der Waals surface area contributed by atoms with E-state index in [2.05, 4.69) is 42.0 Å². The number of hydrogen-bond donors (Lipinski definition) is 1. The van der Waals surface area contributed by atoms with E-state index >= 15 is 0 Å². The Bertz CT molecular complexity index is 912. The van der Waals surface area contributed by atoms with Gasteiger partial charge in [-0.1, -0.05) is 56.6 Å². The average Bonchev–Trinajstić information content (AvgIpc) is 2.70. The molecule has 0 bridgehead atoms. The van der Waals surface area contributed by atoms with Gasteiger partial charge in [0, 0.05) is 18.6 Å². The van der Waals surface area contributed by atoms with Gasteiger partial charge in [0.15, 0.2) is 6.61 Å². The van der Waals surface area contributed by atoms with Gasteiger partial charge in [-0.25, -0.2) is 0 Å². The van der Waals surface area contributed by atoms with Crippen LogP contribution in [0.25, 0.3) is 0 Å². The summed E-state index contributed by atoms with van der Waals surface area (Å²) in [4.78, 5) is 26.7. The van der Waals surface area contributed by atoms with Crippen molar-refractivity contribution in [2.45, 2.75) is 45.7 Å². The molecular formula is C23H28BrClN2O3. The largest absolute Gasteiger partial charge is 0.483 e. The van der Waals surface area contributed by atoms with Crippen molar-refractivity contribution in [1.82, 2.24) is 10.2 Å². The first-order chi connectivity index (χ1) is 14.0. The lowest BCUT2D eigenvalue weighted by molar-refractivity contribution is -0.142. The lowest BCUT2D eigenvalue weighted by Crippen LogP contribution is -2.48. The second-order valence-corrected chi connectivity index (χ2v) is 9.35. The van der Waals surface area contributed by atoms with Crippen LogP contribution < -0.4 is 10.1 Å². The van der Waals surface area contributed by atoms with Gasteiger partial charge in [0.25, 0.3) is 5.91 Å².